The van der Waals surface area contributed by atoms with Gasteiger partial charge in [-0.3, -0.25) is 9.67 Å². The Labute approximate surface area is 215 Å². The molecule has 1 aliphatic carbocycles. The molecule has 0 amide bonds. The molecule has 1 saturated carbocycles. The van der Waals surface area contributed by atoms with E-state index in [-0.39, 0.29) is 6.10 Å². The molecule has 0 unspecified atom stereocenters. The molecule has 0 bridgehead atoms. The molecule has 5 rings (SSSR count). The molecular formula is C32H37N3O. The maximum atomic E-state index is 6.71. The second kappa shape index (κ2) is 10.7. The van der Waals surface area contributed by atoms with E-state index in [4.69, 9.17) is 14.8 Å². The van der Waals surface area contributed by atoms with Gasteiger partial charge >= 0.3 is 0 Å². The van der Waals surface area contributed by atoms with E-state index in [2.05, 4.69) is 82.4 Å². The van der Waals surface area contributed by atoms with Crippen LogP contribution in [0.25, 0.3) is 22.4 Å². The Balaban J connectivity index is 1.57. The molecule has 1 aliphatic rings. The van der Waals surface area contributed by atoms with Crippen molar-refractivity contribution in [1.29, 1.82) is 0 Å². The van der Waals surface area contributed by atoms with Crippen molar-refractivity contribution in [3.63, 3.8) is 0 Å². The zero-order valence-corrected chi connectivity index (χ0v) is 22.1. The number of hydrogen-bond acceptors (Lipinski definition) is 3. The number of aromatic nitrogens is 3. The average molecular weight is 480 g/mol. The zero-order chi connectivity index (χ0) is 25.1. The van der Waals surface area contributed by atoms with Crippen LogP contribution < -0.4 is 4.74 Å². The van der Waals surface area contributed by atoms with Gasteiger partial charge in [-0.1, -0.05) is 62.4 Å². The fourth-order valence-corrected chi connectivity index (χ4v) is 5.51. The maximum absolute atomic E-state index is 6.71. The van der Waals surface area contributed by atoms with Crippen LogP contribution in [0.1, 0.15) is 67.6 Å². The van der Waals surface area contributed by atoms with Crippen LogP contribution >= 0.6 is 0 Å². The topological polar surface area (TPSA) is 39.9 Å². The lowest BCUT2D eigenvalue weighted by Gasteiger charge is -2.21. The Morgan fingerprint density at radius 2 is 1.58 bits per heavy atom. The predicted octanol–water partition coefficient (Wildman–Crippen LogP) is 7.72. The monoisotopic (exact) mass is 479 g/mol. The molecule has 4 heteroatoms. The first kappa shape index (κ1) is 24.3. The fraction of sp³-hybridized carbons (Fsp3) is 0.375. The fourth-order valence-electron chi connectivity index (χ4n) is 5.51. The average Bonchev–Trinajstić information content (AvgIpc) is 3.55. The van der Waals surface area contributed by atoms with E-state index in [0.29, 0.717) is 6.54 Å². The van der Waals surface area contributed by atoms with E-state index >= 15 is 0 Å². The molecule has 2 aromatic carbocycles. The molecule has 0 spiro atoms. The van der Waals surface area contributed by atoms with Gasteiger partial charge in [-0.15, -0.1) is 0 Å². The molecule has 36 heavy (non-hydrogen) atoms. The lowest BCUT2D eigenvalue weighted by Crippen LogP contribution is -2.15. The normalized spacial score (nSPS) is 13.9. The van der Waals surface area contributed by atoms with Crippen molar-refractivity contribution in [2.75, 3.05) is 0 Å². The molecular weight excluding hydrogens is 442 g/mol. The van der Waals surface area contributed by atoms with Crippen molar-refractivity contribution in [2.24, 2.45) is 0 Å². The van der Waals surface area contributed by atoms with Crippen molar-refractivity contribution in [2.45, 2.75) is 78.9 Å². The summed E-state index contributed by atoms with van der Waals surface area (Å²) in [6.07, 6.45) is 9.15. The van der Waals surface area contributed by atoms with Gasteiger partial charge in [-0.25, -0.2) is 0 Å². The van der Waals surface area contributed by atoms with Crippen LogP contribution in [0.4, 0.5) is 0 Å². The van der Waals surface area contributed by atoms with Crippen molar-refractivity contribution in [1.82, 2.24) is 14.8 Å². The minimum Gasteiger partial charge on any atom is -0.490 e. The summed E-state index contributed by atoms with van der Waals surface area (Å²) in [6, 6.07) is 19.3. The van der Waals surface area contributed by atoms with Crippen molar-refractivity contribution >= 4 is 0 Å². The quantitative estimate of drug-likeness (QED) is 0.260. The van der Waals surface area contributed by atoms with Gasteiger partial charge in [0, 0.05) is 34.6 Å². The van der Waals surface area contributed by atoms with E-state index in [1.54, 1.807) is 0 Å². The summed E-state index contributed by atoms with van der Waals surface area (Å²) in [4.78, 5) is 5.16. The van der Waals surface area contributed by atoms with E-state index in [0.717, 1.165) is 54.1 Å². The first-order chi connectivity index (χ1) is 17.6. The Morgan fingerprint density at radius 3 is 2.25 bits per heavy atom. The Kier molecular flexibility index (Phi) is 7.22. The second-order valence-corrected chi connectivity index (χ2v) is 9.94. The lowest BCUT2D eigenvalue weighted by atomic mass is 9.94. The van der Waals surface area contributed by atoms with Gasteiger partial charge in [0.1, 0.15) is 5.75 Å². The van der Waals surface area contributed by atoms with Crippen LogP contribution in [0.3, 0.4) is 0 Å². The Morgan fingerprint density at radius 1 is 0.889 bits per heavy atom. The van der Waals surface area contributed by atoms with E-state index in [1.165, 1.54) is 40.7 Å². The van der Waals surface area contributed by atoms with Crippen molar-refractivity contribution < 1.29 is 4.74 Å². The number of rotatable bonds is 8. The molecule has 186 valence electrons. The van der Waals surface area contributed by atoms with Gasteiger partial charge in [0.05, 0.1) is 24.0 Å². The maximum Gasteiger partial charge on any atom is 0.128 e. The molecule has 0 atom stereocenters. The Bertz CT molecular complexity index is 1310. The number of nitrogens with zero attached hydrogens (tertiary/aromatic N) is 3. The highest BCUT2D eigenvalue weighted by molar-refractivity contribution is 5.70. The van der Waals surface area contributed by atoms with Crippen LogP contribution in [0, 0.1) is 13.8 Å². The van der Waals surface area contributed by atoms with Crippen LogP contribution in [0.5, 0.6) is 5.75 Å². The highest BCUT2D eigenvalue weighted by atomic mass is 16.5. The number of ether oxygens (including phenoxy) is 1. The molecule has 1 fully saturated rings. The third-order valence-corrected chi connectivity index (χ3v) is 7.49. The molecule has 4 aromatic rings. The minimum absolute atomic E-state index is 0.282. The summed E-state index contributed by atoms with van der Waals surface area (Å²) in [5.41, 5.74) is 10.5. The zero-order valence-electron chi connectivity index (χ0n) is 22.1. The van der Waals surface area contributed by atoms with Gasteiger partial charge in [-0.05, 0) is 69.1 Å². The highest BCUT2D eigenvalue weighted by Gasteiger charge is 2.22. The van der Waals surface area contributed by atoms with E-state index in [9.17, 15) is 0 Å². The van der Waals surface area contributed by atoms with Crippen molar-refractivity contribution in [3.8, 4) is 28.1 Å². The van der Waals surface area contributed by atoms with Crippen LogP contribution in [-0.2, 0) is 19.4 Å². The van der Waals surface area contributed by atoms with E-state index in [1.807, 2.05) is 10.7 Å². The van der Waals surface area contributed by atoms with Crippen LogP contribution in [0.15, 0.2) is 60.8 Å². The molecule has 2 heterocycles. The number of hydrogen-bond donors (Lipinski definition) is 0. The summed E-state index contributed by atoms with van der Waals surface area (Å²) in [7, 11) is 0. The van der Waals surface area contributed by atoms with Gasteiger partial charge in [0.2, 0.25) is 0 Å². The number of pyridine rings is 1. The minimum atomic E-state index is 0.282. The van der Waals surface area contributed by atoms with Crippen LogP contribution in [0.2, 0.25) is 0 Å². The number of aryl methyl sites for hydroxylation is 4. The molecule has 4 nitrogen and oxygen atoms in total. The summed E-state index contributed by atoms with van der Waals surface area (Å²) >= 11 is 0. The Hall–Kier alpha value is -3.40. The number of benzene rings is 2. The van der Waals surface area contributed by atoms with E-state index < -0.39 is 0 Å². The molecule has 0 saturated heterocycles. The van der Waals surface area contributed by atoms with Crippen LogP contribution in [-0.4, -0.2) is 20.9 Å². The van der Waals surface area contributed by atoms with Gasteiger partial charge in [0.15, 0.2) is 0 Å². The summed E-state index contributed by atoms with van der Waals surface area (Å²) < 4.78 is 8.75. The first-order valence-electron chi connectivity index (χ1n) is 13.4. The molecule has 0 N–H and O–H groups in total. The van der Waals surface area contributed by atoms with Crippen molar-refractivity contribution in [3.05, 3.63) is 88.9 Å². The lowest BCUT2D eigenvalue weighted by molar-refractivity contribution is 0.207. The summed E-state index contributed by atoms with van der Waals surface area (Å²) in [5.74, 6) is 0.965. The SMILES string of the molecule is CCc1cccc(CC)c1-c1cc(OC2CCCC2)c(Cn2cc(-c3ccccc3)c(C)n2)c(C)n1. The smallest absolute Gasteiger partial charge is 0.128 e. The van der Waals surface area contributed by atoms with Gasteiger partial charge < -0.3 is 4.74 Å². The first-order valence-corrected chi connectivity index (χ1v) is 13.4. The summed E-state index contributed by atoms with van der Waals surface area (Å²) in [6.45, 7) is 9.29. The van der Waals surface area contributed by atoms with Gasteiger partial charge in [0.25, 0.3) is 0 Å². The standard InChI is InChI=1S/C32H37N3O/c1-5-24-15-12-16-25(6-2)32(24)30-19-31(36-27-17-10-11-18-27)29(22(3)33-30)21-35-20-28(23(4)34-35)26-13-8-7-9-14-26/h7-9,12-16,19-20,27H,5-6,10-11,17-18,21H2,1-4H3. The molecule has 0 aliphatic heterocycles. The molecule has 0 radical (unpaired) electrons. The largest absolute Gasteiger partial charge is 0.490 e. The third-order valence-electron chi connectivity index (χ3n) is 7.49. The second-order valence-electron chi connectivity index (χ2n) is 9.94. The highest BCUT2D eigenvalue weighted by Crippen LogP contribution is 2.35. The predicted molar refractivity (Wildman–Crippen MR) is 148 cm³/mol. The third kappa shape index (κ3) is 4.95. The van der Waals surface area contributed by atoms with Gasteiger partial charge in [-0.2, -0.15) is 5.10 Å². The summed E-state index contributed by atoms with van der Waals surface area (Å²) in [5, 5.41) is 4.87. The molecule has 2 aromatic heterocycles.